The monoisotopic (exact) mass is 344 g/mol. The van der Waals surface area contributed by atoms with Crippen molar-refractivity contribution in [2.45, 2.75) is 45.1 Å². The predicted molar refractivity (Wildman–Crippen MR) is 96.7 cm³/mol. The molecule has 0 radical (unpaired) electrons. The van der Waals surface area contributed by atoms with Crippen LogP contribution in [-0.4, -0.2) is 47.5 Å². The molecular formula is C16H29ClN4S. The summed E-state index contributed by atoms with van der Waals surface area (Å²) < 4.78 is 0. The summed E-state index contributed by atoms with van der Waals surface area (Å²) in [6.07, 6.45) is 10.5. The molecule has 6 heteroatoms. The van der Waals surface area contributed by atoms with Crippen LogP contribution in [0.3, 0.4) is 0 Å². The molecule has 2 aliphatic rings. The predicted octanol–water partition coefficient (Wildman–Crippen LogP) is 3.24. The molecule has 4 nitrogen and oxygen atoms in total. The number of hydrogen-bond acceptors (Lipinski definition) is 5. The summed E-state index contributed by atoms with van der Waals surface area (Å²) in [6, 6.07) is 0. The summed E-state index contributed by atoms with van der Waals surface area (Å²) in [5, 5.41) is 0.693. The van der Waals surface area contributed by atoms with Gasteiger partial charge in [-0.1, -0.05) is 19.3 Å². The van der Waals surface area contributed by atoms with Crippen molar-refractivity contribution in [2.75, 3.05) is 38.5 Å². The zero-order chi connectivity index (χ0) is 14.5. The van der Waals surface area contributed by atoms with E-state index in [9.17, 15) is 0 Å². The normalized spacial score (nSPS) is 22.2. The number of rotatable bonds is 4. The van der Waals surface area contributed by atoms with Gasteiger partial charge >= 0.3 is 0 Å². The molecule has 2 fully saturated rings. The van der Waals surface area contributed by atoms with Crippen molar-refractivity contribution in [3.05, 3.63) is 11.1 Å². The van der Waals surface area contributed by atoms with E-state index in [1.165, 1.54) is 76.1 Å². The van der Waals surface area contributed by atoms with Crippen LogP contribution in [0.25, 0.3) is 0 Å². The van der Waals surface area contributed by atoms with Crippen molar-refractivity contribution < 1.29 is 0 Å². The highest BCUT2D eigenvalue weighted by atomic mass is 35.5. The van der Waals surface area contributed by atoms with Crippen LogP contribution in [0.1, 0.15) is 43.4 Å². The molecule has 1 aromatic heterocycles. The number of thiazole rings is 1. The van der Waals surface area contributed by atoms with Gasteiger partial charge in [-0.3, -0.25) is 4.90 Å². The van der Waals surface area contributed by atoms with Crippen molar-refractivity contribution in [3.8, 4) is 0 Å². The molecular weight excluding hydrogens is 316 g/mol. The standard InChI is InChI=1S/C16H28N4S.ClH/c17-16-18-11-15(21-16)13-20-8-4-7-19(9-10-20)12-14-5-2-1-3-6-14;/h11,14H,1-10,12-13H2,(H2,17,18);1H. The van der Waals surface area contributed by atoms with Crippen LogP contribution in [0.4, 0.5) is 5.13 Å². The van der Waals surface area contributed by atoms with Gasteiger partial charge in [0.05, 0.1) is 0 Å². The summed E-state index contributed by atoms with van der Waals surface area (Å²) in [4.78, 5) is 10.7. The van der Waals surface area contributed by atoms with Crippen LogP contribution in [0.2, 0.25) is 0 Å². The molecule has 0 bridgehead atoms. The first-order chi connectivity index (χ1) is 10.3. The van der Waals surface area contributed by atoms with E-state index in [1.54, 1.807) is 11.3 Å². The number of anilines is 1. The lowest BCUT2D eigenvalue weighted by Gasteiger charge is -2.28. The Morgan fingerprint density at radius 1 is 1.05 bits per heavy atom. The Hall–Kier alpha value is -0.360. The van der Waals surface area contributed by atoms with Gasteiger partial charge in [-0.2, -0.15) is 0 Å². The Bertz CT molecular complexity index is 434. The van der Waals surface area contributed by atoms with Crippen molar-refractivity contribution in [3.63, 3.8) is 0 Å². The Morgan fingerprint density at radius 2 is 1.77 bits per heavy atom. The first kappa shape index (κ1) is 18.0. The molecule has 1 saturated heterocycles. The molecule has 126 valence electrons. The molecule has 1 saturated carbocycles. The lowest BCUT2D eigenvalue weighted by Crippen LogP contribution is -2.34. The minimum atomic E-state index is 0. The maximum absolute atomic E-state index is 5.72. The van der Waals surface area contributed by atoms with Gasteiger partial charge in [-0.05, 0) is 38.3 Å². The van der Waals surface area contributed by atoms with E-state index < -0.39 is 0 Å². The smallest absolute Gasteiger partial charge is 0.180 e. The third kappa shape index (κ3) is 5.37. The SMILES string of the molecule is Cl.Nc1ncc(CN2CCCN(CC3CCCCC3)CC2)s1. The second-order valence-corrected chi connectivity index (χ2v) is 7.75. The second-order valence-electron chi connectivity index (χ2n) is 6.60. The zero-order valence-electron chi connectivity index (χ0n) is 13.4. The van der Waals surface area contributed by atoms with Gasteiger partial charge in [0.1, 0.15) is 0 Å². The Morgan fingerprint density at radius 3 is 2.50 bits per heavy atom. The highest BCUT2D eigenvalue weighted by Gasteiger charge is 2.20. The molecule has 3 rings (SSSR count). The molecule has 1 aromatic rings. The van der Waals surface area contributed by atoms with E-state index in [2.05, 4.69) is 14.8 Å². The van der Waals surface area contributed by atoms with E-state index in [4.69, 9.17) is 5.73 Å². The maximum atomic E-state index is 5.72. The molecule has 0 unspecified atom stereocenters. The largest absolute Gasteiger partial charge is 0.375 e. The van der Waals surface area contributed by atoms with Crippen LogP contribution in [-0.2, 0) is 6.54 Å². The molecule has 1 aliphatic carbocycles. The van der Waals surface area contributed by atoms with E-state index in [-0.39, 0.29) is 12.4 Å². The topological polar surface area (TPSA) is 45.4 Å². The number of halogens is 1. The molecule has 1 aliphatic heterocycles. The molecule has 0 amide bonds. The third-order valence-electron chi connectivity index (χ3n) is 4.87. The summed E-state index contributed by atoms with van der Waals surface area (Å²) in [7, 11) is 0. The van der Waals surface area contributed by atoms with Crippen LogP contribution in [0.15, 0.2) is 6.20 Å². The van der Waals surface area contributed by atoms with Crippen LogP contribution in [0, 0.1) is 5.92 Å². The average Bonchev–Trinajstić information content (AvgIpc) is 2.77. The van der Waals surface area contributed by atoms with Crippen molar-refractivity contribution in [2.24, 2.45) is 5.92 Å². The molecule has 22 heavy (non-hydrogen) atoms. The van der Waals surface area contributed by atoms with Crippen LogP contribution < -0.4 is 5.73 Å². The first-order valence-electron chi connectivity index (χ1n) is 8.44. The number of nitrogens with two attached hydrogens (primary N) is 1. The summed E-state index contributed by atoms with van der Waals surface area (Å²) in [5.41, 5.74) is 5.72. The van der Waals surface area contributed by atoms with Gasteiger partial charge in [-0.25, -0.2) is 4.98 Å². The Labute approximate surface area is 144 Å². The summed E-state index contributed by atoms with van der Waals surface area (Å²) >= 11 is 1.63. The van der Waals surface area contributed by atoms with Gasteiger partial charge in [-0.15, -0.1) is 23.7 Å². The van der Waals surface area contributed by atoms with E-state index in [0.29, 0.717) is 5.13 Å². The first-order valence-corrected chi connectivity index (χ1v) is 9.26. The summed E-state index contributed by atoms with van der Waals surface area (Å²) in [5.74, 6) is 0.964. The van der Waals surface area contributed by atoms with E-state index in [1.807, 2.05) is 6.20 Å². The lowest BCUT2D eigenvalue weighted by atomic mass is 9.89. The number of aromatic nitrogens is 1. The fraction of sp³-hybridized carbons (Fsp3) is 0.812. The van der Waals surface area contributed by atoms with Gasteiger partial charge < -0.3 is 10.6 Å². The van der Waals surface area contributed by atoms with Gasteiger partial charge in [0, 0.05) is 37.3 Å². The van der Waals surface area contributed by atoms with Crippen molar-refractivity contribution in [1.29, 1.82) is 0 Å². The highest BCUT2D eigenvalue weighted by molar-refractivity contribution is 7.15. The van der Waals surface area contributed by atoms with E-state index >= 15 is 0 Å². The van der Waals surface area contributed by atoms with Crippen molar-refractivity contribution in [1.82, 2.24) is 14.8 Å². The minimum absolute atomic E-state index is 0. The van der Waals surface area contributed by atoms with Gasteiger partial charge in [0.15, 0.2) is 5.13 Å². The number of hydrogen-bond donors (Lipinski definition) is 1. The quantitative estimate of drug-likeness (QED) is 0.910. The highest BCUT2D eigenvalue weighted by Crippen LogP contribution is 2.25. The zero-order valence-corrected chi connectivity index (χ0v) is 15.0. The summed E-state index contributed by atoms with van der Waals surface area (Å²) in [6.45, 7) is 7.25. The maximum Gasteiger partial charge on any atom is 0.180 e. The number of nitrogens with zero attached hydrogens (tertiary/aromatic N) is 3. The van der Waals surface area contributed by atoms with Crippen molar-refractivity contribution >= 4 is 28.9 Å². The van der Waals surface area contributed by atoms with Crippen LogP contribution >= 0.6 is 23.7 Å². The van der Waals surface area contributed by atoms with E-state index in [0.717, 1.165) is 12.5 Å². The minimum Gasteiger partial charge on any atom is -0.375 e. The Kier molecular flexibility index (Phi) is 7.41. The molecule has 0 aromatic carbocycles. The lowest BCUT2D eigenvalue weighted by molar-refractivity contribution is 0.200. The van der Waals surface area contributed by atoms with Crippen LogP contribution in [0.5, 0.6) is 0 Å². The molecule has 2 heterocycles. The second kappa shape index (κ2) is 9.06. The number of nitrogen functional groups attached to an aromatic ring is 1. The molecule has 2 N–H and O–H groups in total. The third-order valence-corrected chi connectivity index (χ3v) is 5.68. The van der Waals surface area contributed by atoms with Gasteiger partial charge in [0.25, 0.3) is 0 Å². The molecule has 0 spiro atoms. The Balaban J connectivity index is 0.00000176. The van der Waals surface area contributed by atoms with Gasteiger partial charge in [0.2, 0.25) is 0 Å². The fourth-order valence-corrected chi connectivity index (χ4v) is 4.44. The fourth-order valence-electron chi connectivity index (χ4n) is 3.72. The molecule has 0 atom stereocenters. The average molecular weight is 345 g/mol.